The lowest BCUT2D eigenvalue weighted by atomic mass is 9.40. The fourth-order valence-electron chi connectivity index (χ4n) is 8.66. The summed E-state index contributed by atoms with van der Waals surface area (Å²) in [6.45, 7) is 1.85. The summed E-state index contributed by atoms with van der Waals surface area (Å²) >= 11 is 1.83. The molecular weight excluding hydrogens is 456 g/mol. The largest absolute Gasteiger partial charge is 0.497 e. The summed E-state index contributed by atoms with van der Waals surface area (Å²) in [7, 11) is 1.67. The van der Waals surface area contributed by atoms with Crippen LogP contribution in [0, 0.1) is 40.9 Å². The molecule has 1 atom stereocenters. The van der Waals surface area contributed by atoms with E-state index in [1.165, 1.54) is 21.1 Å². The van der Waals surface area contributed by atoms with Crippen molar-refractivity contribution in [3.05, 3.63) is 46.3 Å². The zero-order chi connectivity index (χ0) is 24.1. The molecule has 0 N–H and O–H groups in total. The lowest BCUT2D eigenvalue weighted by Gasteiger charge is -2.63. The topological polar surface area (TPSA) is 70.4 Å². The van der Waals surface area contributed by atoms with Crippen LogP contribution in [-0.4, -0.2) is 30.4 Å². The van der Waals surface area contributed by atoms with Gasteiger partial charge in [-0.1, -0.05) is 0 Å². The number of ether oxygens (including phenoxy) is 1. The first-order valence-corrected chi connectivity index (χ1v) is 13.5. The quantitative estimate of drug-likeness (QED) is 0.431. The molecule has 0 radical (unpaired) electrons. The number of fused-ring (bicyclic) bond motifs is 2. The van der Waals surface area contributed by atoms with Crippen LogP contribution in [0.25, 0.3) is 16.0 Å². The van der Waals surface area contributed by atoms with E-state index in [1.54, 1.807) is 7.11 Å². The number of allylic oxidation sites excluding steroid dienone is 1. The molecular formula is C29H28N2O3S. The molecule has 2 heterocycles. The highest BCUT2D eigenvalue weighted by Crippen LogP contribution is 2.70. The second-order valence-corrected chi connectivity index (χ2v) is 12.2. The molecule has 2 aromatic rings. The van der Waals surface area contributed by atoms with Crippen molar-refractivity contribution in [1.82, 2.24) is 4.90 Å². The number of nitriles is 1. The first-order valence-electron chi connectivity index (χ1n) is 12.7. The SMILES string of the molecule is COc1ccc(-c2cc3c(s2)C2(C4CC5CC(C4)CC2C5)[C@H]2C(=O)N(CC#N)C(=O)C2=C3C)cc1. The summed E-state index contributed by atoms with van der Waals surface area (Å²) < 4.78 is 5.36. The van der Waals surface area contributed by atoms with Crippen LogP contribution < -0.4 is 4.74 Å². The number of likely N-dealkylation sites (tertiary alicyclic amines) is 1. The van der Waals surface area contributed by atoms with Gasteiger partial charge in [0.1, 0.15) is 12.3 Å². The summed E-state index contributed by atoms with van der Waals surface area (Å²) in [5.74, 6) is 2.37. The van der Waals surface area contributed by atoms with Gasteiger partial charge in [0, 0.05) is 20.7 Å². The van der Waals surface area contributed by atoms with Crippen LogP contribution in [0.5, 0.6) is 5.75 Å². The van der Waals surface area contributed by atoms with Crippen LogP contribution in [0.3, 0.4) is 0 Å². The Morgan fingerprint density at radius 2 is 1.74 bits per heavy atom. The number of nitrogens with zero attached hydrogens (tertiary/aromatic N) is 2. The number of amides is 2. The van der Waals surface area contributed by atoms with Crippen LogP contribution in [0.4, 0.5) is 0 Å². The number of thiophene rings is 1. The van der Waals surface area contributed by atoms with E-state index in [0.29, 0.717) is 17.4 Å². The molecule has 6 heteroatoms. The standard InChI is InChI=1S/C29H28N2O3S/c1-15-22-14-23(18-3-5-21(34-2)6-4-18)35-26(22)29(19-10-16-9-17(12-19)13-20(29)11-16)25-24(15)27(32)31(8-7-30)28(25)33/h3-6,14,16-17,19-20,25H,8-13H2,1-2H3/t16?,17?,19?,20?,25-,29?/m1/s1. The molecule has 4 bridgehead atoms. The second kappa shape index (κ2) is 7.30. The van der Waals surface area contributed by atoms with Crippen LogP contribution >= 0.6 is 11.3 Å². The molecule has 4 saturated carbocycles. The zero-order valence-electron chi connectivity index (χ0n) is 20.0. The smallest absolute Gasteiger partial charge is 0.258 e. The van der Waals surface area contributed by atoms with E-state index >= 15 is 0 Å². The maximum atomic E-state index is 14.0. The van der Waals surface area contributed by atoms with Crippen LogP contribution in [0.2, 0.25) is 0 Å². The Bertz CT molecular complexity index is 1320. The van der Waals surface area contributed by atoms with E-state index in [2.05, 4.69) is 24.3 Å². The molecule has 1 spiro atoms. The number of hydrogen-bond acceptors (Lipinski definition) is 5. The summed E-state index contributed by atoms with van der Waals surface area (Å²) in [5.41, 5.74) is 3.57. The first kappa shape index (κ1) is 21.4. The van der Waals surface area contributed by atoms with E-state index in [0.717, 1.165) is 60.0 Å². The molecule has 0 unspecified atom stereocenters. The van der Waals surface area contributed by atoms with Gasteiger partial charge in [-0.05, 0) is 110 Å². The minimum absolute atomic E-state index is 0.136. The maximum Gasteiger partial charge on any atom is 0.258 e. The van der Waals surface area contributed by atoms with Crippen LogP contribution in [-0.2, 0) is 15.0 Å². The first-order chi connectivity index (χ1) is 17.0. The molecule has 6 aliphatic rings. The van der Waals surface area contributed by atoms with Gasteiger partial charge in [0.15, 0.2) is 0 Å². The van der Waals surface area contributed by atoms with Gasteiger partial charge < -0.3 is 4.74 Å². The van der Waals surface area contributed by atoms with Crippen molar-refractivity contribution in [1.29, 1.82) is 5.26 Å². The molecule has 5 fully saturated rings. The number of rotatable bonds is 3. The van der Waals surface area contributed by atoms with E-state index in [4.69, 9.17) is 4.74 Å². The Morgan fingerprint density at radius 3 is 2.34 bits per heavy atom. The van der Waals surface area contributed by atoms with Crippen LogP contribution in [0.1, 0.15) is 49.5 Å². The van der Waals surface area contributed by atoms with E-state index < -0.39 is 5.92 Å². The summed E-state index contributed by atoms with van der Waals surface area (Å²) in [6.07, 6.45) is 5.96. The summed E-state index contributed by atoms with van der Waals surface area (Å²) in [4.78, 5) is 31.3. The van der Waals surface area contributed by atoms with Gasteiger partial charge in [-0.3, -0.25) is 14.5 Å². The third-order valence-corrected chi connectivity index (χ3v) is 11.1. The normalized spacial score (nSPS) is 34.4. The highest BCUT2D eigenvalue weighted by Gasteiger charge is 2.68. The van der Waals surface area contributed by atoms with Gasteiger partial charge >= 0.3 is 0 Å². The van der Waals surface area contributed by atoms with Gasteiger partial charge in [-0.2, -0.15) is 5.26 Å². The van der Waals surface area contributed by atoms with Gasteiger partial charge in [-0.25, -0.2) is 0 Å². The summed E-state index contributed by atoms with van der Waals surface area (Å²) in [6, 6.07) is 12.5. The number of benzene rings is 1. The molecule has 1 aromatic carbocycles. The molecule has 5 aliphatic carbocycles. The molecule has 1 saturated heterocycles. The highest BCUT2D eigenvalue weighted by atomic mass is 32.1. The fourth-order valence-corrected chi connectivity index (χ4v) is 10.3. The molecule has 178 valence electrons. The Kier molecular flexibility index (Phi) is 4.46. The predicted molar refractivity (Wildman–Crippen MR) is 133 cm³/mol. The Balaban J connectivity index is 1.46. The Hall–Kier alpha value is -2.91. The lowest BCUT2D eigenvalue weighted by molar-refractivity contribution is -0.144. The minimum atomic E-state index is -0.437. The average molecular weight is 485 g/mol. The molecule has 8 rings (SSSR count). The Morgan fingerprint density at radius 1 is 1.09 bits per heavy atom. The van der Waals surface area contributed by atoms with Gasteiger partial charge in [0.05, 0.1) is 19.1 Å². The van der Waals surface area contributed by atoms with Crippen molar-refractivity contribution < 1.29 is 14.3 Å². The molecule has 1 aromatic heterocycles. The number of methoxy groups -OCH3 is 1. The monoisotopic (exact) mass is 484 g/mol. The Labute approximate surface area is 209 Å². The van der Waals surface area contributed by atoms with Crippen molar-refractivity contribution in [2.75, 3.05) is 13.7 Å². The van der Waals surface area contributed by atoms with Gasteiger partial charge in [-0.15, -0.1) is 11.3 Å². The summed E-state index contributed by atoms with van der Waals surface area (Å²) in [5, 5.41) is 9.38. The lowest BCUT2D eigenvalue weighted by Crippen LogP contribution is -2.61. The van der Waals surface area contributed by atoms with E-state index in [1.807, 2.05) is 30.4 Å². The number of hydrogen-bond donors (Lipinski definition) is 0. The van der Waals surface area contributed by atoms with Crippen molar-refractivity contribution in [3.8, 4) is 22.3 Å². The second-order valence-electron chi connectivity index (χ2n) is 11.2. The van der Waals surface area contributed by atoms with E-state index in [-0.39, 0.29) is 23.8 Å². The minimum Gasteiger partial charge on any atom is -0.497 e. The predicted octanol–water partition coefficient (Wildman–Crippen LogP) is 5.41. The number of imide groups is 1. The van der Waals surface area contributed by atoms with Crippen molar-refractivity contribution in [3.63, 3.8) is 0 Å². The van der Waals surface area contributed by atoms with Gasteiger partial charge in [0.2, 0.25) is 5.91 Å². The number of carbonyl (C=O) groups excluding carboxylic acids is 2. The zero-order valence-corrected chi connectivity index (χ0v) is 20.9. The van der Waals surface area contributed by atoms with Crippen molar-refractivity contribution >= 4 is 28.7 Å². The molecule has 35 heavy (non-hydrogen) atoms. The molecule has 1 aliphatic heterocycles. The third kappa shape index (κ3) is 2.63. The van der Waals surface area contributed by atoms with Crippen molar-refractivity contribution in [2.24, 2.45) is 29.6 Å². The highest BCUT2D eigenvalue weighted by molar-refractivity contribution is 7.16. The molecule has 2 amide bonds. The third-order valence-electron chi connectivity index (χ3n) is 9.78. The maximum absolute atomic E-state index is 14.0. The molecule has 5 nitrogen and oxygen atoms in total. The fraction of sp³-hybridized carbons (Fsp3) is 0.483. The van der Waals surface area contributed by atoms with Gasteiger partial charge in [0.25, 0.3) is 5.91 Å². The number of carbonyl (C=O) groups is 2. The van der Waals surface area contributed by atoms with Crippen LogP contribution in [0.15, 0.2) is 35.9 Å². The van der Waals surface area contributed by atoms with E-state index in [9.17, 15) is 14.9 Å². The average Bonchev–Trinajstić information content (AvgIpc) is 3.41. The van der Waals surface area contributed by atoms with Crippen molar-refractivity contribution in [2.45, 2.75) is 44.4 Å².